The number of hydrogen-bond donors (Lipinski definition) is 0. The van der Waals surface area contributed by atoms with Gasteiger partial charge in [0.25, 0.3) is 5.91 Å². The molecule has 1 spiro atoms. The van der Waals surface area contributed by atoms with Crippen LogP contribution in [0.25, 0.3) is 0 Å². The summed E-state index contributed by atoms with van der Waals surface area (Å²) in [4.78, 5) is 26.6. The number of ether oxygens (including phenoxy) is 1. The number of piperidine rings is 1. The normalized spacial score (nSPS) is 20.0. The second kappa shape index (κ2) is 10.0. The van der Waals surface area contributed by atoms with Crippen LogP contribution in [0.2, 0.25) is 0 Å². The van der Waals surface area contributed by atoms with Gasteiger partial charge in [-0.25, -0.2) is 9.97 Å². The van der Waals surface area contributed by atoms with Crippen LogP contribution < -0.4 is 14.5 Å². The Morgan fingerprint density at radius 2 is 1.84 bits per heavy atom. The van der Waals surface area contributed by atoms with E-state index in [9.17, 15) is 18.0 Å². The Labute approximate surface area is 223 Å². The van der Waals surface area contributed by atoms with E-state index < -0.39 is 28.9 Å². The number of hydrogen-bond acceptors (Lipinski definition) is 7. The van der Waals surface area contributed by atoms with Gasteiger partial charge in [-0.1, -0.05) is 0 Å². The quantitative estimate of drug-likeness (QED) is 0.518. The summed E-state index contributed by atoms with van der Waals surface area (Å²) in [6.45, 7) is 1.90. The number of anilines is 2. The molecule has 1 amide bonds. The molecule has 0 aromatic carbocycles. The van der Waals surface area contributed by atoms with Gasteiger partial charge in [0.15, 0.2) is 10.8 Å². The number of aromatic nitrogens is 2. The van der Waals surface area contributed by atoms with Crippen molar-refractivity contribution < 1.29 is 22.7 Å². The summed E-state index contributed by atoms with van der Waals surface area (Å²) in [5.41, 5.74) is -2.52. The number of alkyl halides is 3. The minimum Gasteiger partial charge on any atom is -0.474 e. The van der Waals surface area contributed by atoms with Gasteiger partial charge in [-0.15, -0.1) is 12.4 Å². The summed E-state index contributed by atoms with van der Waals surface area (Å²) in [7, 11) is 2.07. The van der Waals surface area contributed by atoms with E-state index in [1.165, 1.54) is 6.07 Å². The van der Waals surface area contributed by atoms with Crippen LogP contribution in [-0.4, -0.2) is 57.7 Å². The summed E-state index contributed by atoms with van der Waals surface area (Å²) < 4.78 is 46.6. The summed E-state index contributed by atoms with van der Waals surface area (Å²) >= 11 is 5.62. The van der Waals surface area contributed by atoms with Gasteiger partial charge in [0.2, 0.25) is 5.88 Å². The molecule has 13 heteroatoms. The molecule has 2 aromatic rings. The highest BCUT2D eigenvalue weighted by molar-refractivity contribution is 7.81. The molecule has 3 fully saturated rings. The zero-order chi connectivity index (χ0) is 25.7. The second-order valence-corrected chi connectivity index (χ2v) is 9.68. The third-order valence-electron chi connectivity index (χ3n) is 7.07. The molecule has 1 aliphatic carbocycles. The molecule has 2 aliphatic heterocycles. The molecule has 2 saturated heterocycles. The Kier molecular flexibility index (Phi) is 7.34. The summed E-state index contributed by atoms with van der Waals surface area (Å²) in [5, 5.41) is 9.10. The lowest BCUT2D eigenvalue weighted by molar-refractivity contribution is -0.138. The molecule has 4 heterocycles. The fourth-order valence-corrected chi connectivity index (χ4v) is 5.41. The maximum Gasteiger partial charge on any atom is 0.419 e. The molecule has 0 unspecified atom stereocenters. The lowest BCUT2D eigenvalue weighted by Gasteiger charge is -2.42. The molecule has 0 atom stereocenters. The highest BCUT2D eigenvalue weighted by atomic mass is 35.5. The summed E-state index contributed by atoms with van der Waals surface area (Å²) in [6, 6.07) is 5.69. The van der Waals surface area contributed by atoms with Crippen LogP contribution in [0.4, 0.5) is 24.5 Å². The minimum absolute atomic E-state index is 0. The number of halogens is 4. The van der Waals surface area contributed by atoms with Crippen LogP contribution in [0.1, 0.15) is 43.4 Å². The lowest BCUT2D eigenvalue weighted by atomic mass is 9.75. The van der Waals surface area contributed by atoms with Crippen LogP contribution >= 0.6 is 24.6 Å². The Bertz CT molecular complexity index is 1240. The number of carbonyl (C=O) groups excluding carboxylic acids is 1. The molecule has 1 saturated carbocycles. The molecular formula is C24H24ClF3N6O2S. The average molecular weight is 553 g/mol. The predicted molar refractivity (Wildman–Crippen MR) is 136 cm³/mol. The first-order chi connectivity index (χ1) is 17.1. The van der Waals surface area contributed by atoms with E-state index in [0.29, 0.717) is 24.4 Å². The molecule has 2 aromatic heterocycles. The van der Waals surface area contributed by atoms with Gasteiger partial charge in [0, 0.05) is 19.2 Å². The number of amides is 1. The van der Waals surface area contributed by atoms with Crippen molar-refractivity contribution >= 4 is 47.0 Å². The smallest absolute Gasteiger partial charge is 0.419 e. The van der Waals surface area contributed by atoms with Gasteiger partial charge in [0.1, 0.15) is 17.7 Å². The van der Waals surface area contributed by atoms with Gasteiger partial charge >= 0.3 is 6.18 Å². The molecule has 196 valence electrons. The number of pyridine rings is 2. The minimum atomic E-state index is -4.81. The van der Waals surface area contributed by atoms with E-state index in [1.54, 1.807) is 23.2 Å². The molecular weight excluding hydrogens is 529 g/mol. The van der Waals surface area contributed by atoms with E-state index in [0.717, 1.165) is 49.5 Å². The molecule has 8 nitrogen and oxygen atoms in total. The van der Waals surface area contributed by atoms with E-state index in [1.807, 2.05) is 0 Å². The highest BCUT2D eigenvalue weighted by Crippen LogP contribution is 2.48. The van der Waals surface area contributed by atoms with Crippen molar-refractivity contribution in [2.45, 2.75) is 49.9 Å². The Balaban J connectivity index is 0.00000320. The molecule has 0 radical (unpaired) electrons. The third-order valence-corrected chi connectivity index (χ3v) is 7.43. The monoisotopic (exact) mass is 552 g/mol. The Hall–Kier alpha value is -3.01. The molecule has 0 bridgehead atoms. The van der Waals surface area contributed by atoms with Crippen molar-refractivity contribution in [3.63, 3.8) is 0 Å². The fourth-order valence-electron chi connectivity index (χ4n) is 4.94. The first-order valence-electron chi connectivity index (χ1n) is 11.6. The second-order valence-electron chi connectivity index (χ2n) is 9.32. The van der Waals surface area contributed by atoms with E-state index in [-0.39, 0.29) is 29.3 Å². The molecule has 0 N–H and O–H groups in total. The van der Waals surface area contributed by atoms with Crippen molar-refractivity contribution in [1.29, 1.82) is 5.26 Å². The maximum atomic E-state index is 13.5. The van der Waals surface area contributed by atoms with Crippen molar-refractivity contribution in [1.82, 2.24) is 14.9 Å². The Morgan fingerprint density at radius 3 is 2.38 bits per heavy atom. The van der Waals surface area contributed by atoms with Crippen LogP contribution in [0, 0.1) is 11.3 Å². The van der Waals surface area contributed by atoms with Gasteiger partial charge < -0.3 is 14.5 Å². The van der Waals surface area contributed by atoms with Crippen LogP contribution in [0.3, 0.4) is 0 Å². The van der Waals surface area contributed by atoms with E-state index in [2.05, 4.69) is 21.9 Å². The van der Waals surface area contributed by atoms with Crippen LogP contribution in [0.15, 0.2) is 30.6 Å². The zero-order valence-corrected chi connectivity index (χ0v) is 21.5. The SMILES string of the molecule is CN1CCC(Oc2ccc(N3C(=S)N(c4cnc(C#N)c(C(F)(F)F)c4)C(=O)C34CCC4)cn2)CC1.Cl. The first kappa shape index (κ1) is 27.0. The number of likely N-dealkylation sites (tertiary alicyclic amines) is 1. The molecule has 5 rings (SSSR count). The van der Waals surface area contributed by atoms with Crippen molar-refractivity contribution in [3.05, 3.63) is 41.9 Å². The number of nitrogens with zero attached hydrogens (tertiary/aromatic N) is 6. The van der Waals surface area contributed by atoms with Gasteiger partial charge in [-0.05, 0) is 63.5 Å². The lowest BCUT2D eigenvalue weighted by Crippen LogP contribution is -2.55. The van der Waals surface area contributed by atoms with Gasteiger partial charge in [-0.3, -0.25) is 9.69 Å². The number of nitriles is 1. The van der Waals surface area contributed by atoms with Crippen LogP contribution in [0.5, 0.6) is 5.88 Å². The largest absolute Gasteiger partial charge is 0.474 e. The van der Waals surface area contributed by atoms with E-state index in [4.69, 9.17) is 22.2 Å². The Morgan fingerprint density at radius 1 is 1.16 bits per heavy atom. The summed E-state index contributed by atoms with van der Waals surface area (Å²) in [6.07, 6.45) is 1.52. The standard InChI is InChI=1S/C24H23F3N6O2S.ClH/c1-31-9-5-17(6-10-31)35-20-4-3-15(13-30-20)33-22(36)32(21(34)23(33)7-2-8-23)16-11-18(24(25,26)27)19(12-28)29-14-16;/h3-4,11,13-14,17H,2,5-10H2,1H3;1H. The predicted octanol–water partition coefficient (Wildman–Crippen LogP) is 4.32. The number of rotatable bonds is 4. The molecule has 37 heavy (non-hydrogen) atoms. The van der Waals surface area contributed by atoms with Crippen molar-refractivity contribution in [2.24, 2.45) is 0 Å². The van der Waals surface area contributed by atoms with Crippen LogP contribution in [-0.2, 0) is 11.0 Å². The van der Waals surface area contributed by atoms with E-state index >= 15 is 0 Å². The van der Waals surface area contributed by atoms with Gasteiger partial charge in [-0.2, -0.15) is 18.4 Å². The number of thiocarbonyl (C=S) groups is 1. The maximum absolute atomic E-state index is 13.5. The third kappa shape index (κ3) is 4.71. The first-order valence-corrected chi connectivity index (χ1v) is 12.0. The number of carbonyl (C=O) groups is 1. The zero-order valence-electron chi connectivity index (χ0n) is 19.9. The molecule has 3 aliphatic rings. The van der Waals surface area contributed by atoms with Gasteiger partial charge in [0.05, 0.1) is 29.3 Å². The topological polar surface area (TPSA) is 85.6 Å². The highest BCUT2D eigenvalue weighted by Gasteiger charge is 2.60. The average Bonchev–Trinajstić information content (AvgIpc) is 3.07. The fraction of sp³-hybridized carbons (Fsp3) is 0.458. The van der Waals surface area contributed by atoms with Crippen molar-refractivity contribution in [3.8, 4) is 11.9 Å². The van der Waals surface area contributed by atoms with Crippen molar-refractivity contribution in [2.75, 3.05) is 29.9 Å². The summed E-state index contributed by atoms with van der Waals surface area (Å²) in [5.74, 6) is 0.0559.